The second-order valence-electron chi connectivity index (χ2n) is 2.11. The van der Waals surface area contributed by atoms with Crippen LogP contribution in [0.25, 0.3) is 0 Å². The van der Waals surface area contributed by atoms with Gasteiger partial charge >= 0.3 is 0 Å². The highest BCUT2D eigenvalue weighted by Gasteiger charge is 2.05. The molecule has 0 aliphatic heterocycles. The van der Waals surface area contributed by atoms with E-state index in [2.05, 4.69) is 5.32 Å². The second-order valence-corrected chi connectivity index (χ2v) is 2.11. The van der Waals surface area contributed by atoms with Gasteiger partial charge in [-0.2, -0.15) is 0 Å². The molecule has 0 heterocycles. The zero-order chi connectivity index (χ0) is 7.28. The molecule has 0 aliphatic rings. The summed E-state index contributed by atoms with van der Waals surface area (Å²) in [6, 6.07) is 0. The molecule has 1 atom stereocenters. The SMILES string of the molecule is CCNCC(C)C(N)=O. The van der Waals surface area contributed by atoms with Crippen molar-refractivity contribution in [1.29, 1.82) is 0 Å². The molecule has 0 rings (SSSR count). The minimum Gasteiger partial charge on any atom is -0.369 e. The first-order valence-electron chi connectivity index (χ1n) is 3.18. The molecule has 0 bridgehead atoms. The van der Waals surface area contributed by atoms with Gasteiger partial charge in [0.25, 0.3) is 0 Å². The molecule has 0 aromatic heterocycles. The molecular formula is C6H14N2O. The van der Waals surface area contributed by atoms with E-state index in [1.54, 1.807) is 0 Å². The summed E-state index contributed by atoms with van der Waals surface area (Å²) in [5.41, 5.74) is 5.00. The molecule has 3 N–H and O–H groups in total. The highest BCUT2D eigenvalue weighted by molar-refractivity contribution is 5.76. The van der Waals surface area contributed by atoms with Crippen molar-refractivity contribution in [3.05, 3.63) is 0 Å². The molecule has 1 amide bonds. The zero-order valence-corrected chi connectivity index (χ0v) is 5.98. The third kappa shape index (κ3) is 3.97. The van der Waals surface area contributed by atoms with Crippen LogP contribution in [0.15, 0.2) is 0 Å². The van der Waals surface area contributed by atoms with E-state index in [-0.39, 0.29) is 11.8 Å². The minimum absolute atomic E-state index is 0.0510. The van der Waals surface area contributed by atoms with Gasteiger partial charge < -0.3 is 11.1 Å². The first-order chi connectivity index (χ1) is 4.18. The molecule has 3 heteroatoms. The summed E-state index contributed by atoms with van der Waals surface area (Å²) >= 11 is 0. The lowest BCUT2D eigenvalue weighted by molar-refractivity contribution is -0.121. The Hall–Kier alpha value is -0.570. The Kier molecular flexibility index (Phi) is 4.05. The van der Waals surface area contributed by atoms with Crippen LogP contribution in [-0.2, 0) is 4.79 Å². The Labute approximate surface area is 55.6 Å². The van der Waals surface area contributed by atoms with E-state index in [1.807, 2.05) is 13.8 Å². The van der Waals surface area contributed by atoms with Gasteiger partial charge in [-0.05, 0) is 6.54 Å². The molecular weight excluding hydrogens is 116 g/mol. The van der Waals surface area contributed by atoms with Crippen molar-refractivity contribution >= 4 is 5.91 Å². The number of amides is 1. The van der Waals surface area contributed by atoms with Crippen LogP contribution >= 0.6 is 0 Å². The summed E-state index contributed by atoms with van der Waals surface area (Å²) in [6.45, 7) is 5.38. The lowest BCUT2D eigenvalue weighted by Crippen LogP contribution is -2.30. The first kappa shape index (κ1) is 8.43. The van der Waals surface area contributed by atoms with Crippen LogP contribution < -0.4 is 11.1 Å². The predicted octanol–water partition coefficient (Wildman–Crippen LogP) is -0.283. The monoisotopic (exact) mass is 130 g/mol. The number of nitrogens with one attached hydrogen (secondary N) is 1. The van der Waals surface area contributed by atoms with E-state index in [9.17, 15) is 4.79 Å². The summed E-state index contributed by atoms with van der Waals surface area (Å²) in [5.74, 6) is -0.291. The Morgan fingerprint density at radius 1 is 1.78 bits per heavy atom. The van der Waals surface area contributed by atoms with Crippen molar-refractivity contribution in [2.45, 2.75) is 13.8 Å². The highest BCUT2D eigenvalue weighted by Crippen LogP contribution is 1.87. The number of nitrogens with two attached hydrogens (primary N) is 1. The maximum atomic E-state index is 10.4. The molecule has 1 unspecified atom stereocenters. The lowest BCUT2D eigenvalue weighted by Gasteiger charge is -2.05. The quantitative estimate of drug-likeness (QED) is 0.549. The van der Waals surface area contributed by atoms with Gasteiger partial charge in [0.05, 0.1) is 0 Å². The van der Waals surface area contributed by atoms with Gasteiger partial charge in [0.15, 0.2) is 0 Å². The summed E-state index contributed by atoms with van der Waals surface area (Å²) in [6.07, 6.45) is 0. The van der Waals surface area contributed by atoms with Gasteiger partial charge in [0.2, 0.25) is 5.91 Å². The number of carbonyl (C=O) groups is 1. The van der Waals surface area contributed by atoms with Crippen molar-refractivity contribution in [3.63, 3.8) is 0 Å². The summed E-state index contributed by atoms with van der Waals surface area (Å²) < 4.78 is 0. The fraction of sp³-hybridized carbons (Fsp3) is 0.833. The fourth-order valence-corrected chi connectivity index (χ4v) is 0.461. The average Bonchev–Trinajstić information content (AvgIpc) is 1.82. The van der Waals surface area contributed by atoms with Crippen molar-refractivity contribution in [3.8, 4) is 0 Å². The molecule has 0 fully saturated rings. The van der Waals surface area contributed by atoms with Gasteiger partial charge in [-0.1, -0.05) is 13.8 Å². The number of hydrogen-bond acceptors (Lipinski definition) is 2. The van der Waals surface area contributed by atoms with E-state index in [0.717, 1.165) is 6.54 Å². The Balaban J connectivity index is 3.27. The number of carbonyl (C=O) groups excluding carboxylic acids is 1. The third-order valence-electron chi connectivity index (χ3n) is 1.19. The van der Waals surface area contributed by atoms with Gasteiger partial charge in [0, 0.05) is 12.5 Å². The normalized spacial score (nSPS) is 13.1. The topological polar surface area (TPSA) is 55.1 Å². The van der Waals surface area contributed by atoms with Crippen LogP contribution in [0.1, 0.15) is 13.8 Å². The van der Waals surface area contributed by atoms with Crippen molar-refractivity contribution in [1.82, 2.24) is 5.32 Å². The van der Waals surface area contributed by atoms with E-state index in [0.29, 0.717) is 6.54 Å². The molecule has 0 saturated carbocycles. The maximum Gasteiger partial charge on any atom is 0.221 e. The minimum atomic E-state index is -0.240. The summed E-state index contributed by atoms with van der Waals surface area (Å²) in [7, 11) is 0. The number of hydrogen-bond donors (Lipinski definition) is 2. The van der Waals surface area contributed by atoms with E-state index >= 15 is 0 Å². The van der Waals surface area contributed by atoms with Crippen molar-refractivity contribution < 1.29 is 4.79 Å². The molecule has 0 aromatic carbocycles. The van der Waals surface area contributed by atoms with Gasteiger partial charge in [-0.25, -0.2) is 0 Å². The van der Waals surface area contributed by atoms with E-state index < -0.39 is 0 Å². The number of primary amides is 1. The molecule has 0 saturated heterocycles. The predicted molar refractivity (Wildman–Crippen MR) is 36.9 cm³/mol. The second kappa shape index (κ2) is 4.32. The lowest BCUT2D eigenvalue weighted by atomic mass is 10.2. The Bertz CT molecular complexity index is 93.1. The zero-order valence-electron chi connectivity index (χ0n) is 5.98. The third-order valence-corrected chi connectivity index (χ3v) is 1.19. The summed E-state index contributed by atoms with van der Waals surface area (Å²) in [4.78, 5) is 10.4. The molecule has 54 valence electrons. The molecule has 0 radical (unpaired) electrons. The van der Waals surface area contributed by atoms with E-state index in [1.165, 1.54) is 0 Å². The van der Waals surface area contributed by atoms with Gasteiger partial charge in [-0.3, -0.25) is 4.79 Å². The van der Waals surface area contributed by atoms with Crippen LogP contribution in [-0.4, -0.2) is 19.0 Å². The standard InChI is InChI=1S/C6H14N2O/c1-3-8-4-5(2)6(7)9/h5,8H,3-4H2,1-2H3,(H2,7,9). The van der Waals surface area contributed by atoms with Crippen LogP contribution in [0.4, 0.5) is 0 Å². The van der Waals surface area contributed by atoms with Crippen molar-refractivity contribution in [2.75, 3.05) is 13.1 Å². The van der Waals surface area contributed by atoms with Crippen LogP contribution in [0, 0.1) is 5.92 Å². The Morgan fingerprint density at radius 2 is 2.33 bits per heavy atom. The molecule has 0 aliphatic carbocycles. The van der Waals surface area contributed by atoms with Crippen LogP contribution in [0.2, 0.25) is 0 Å². The van der Waals surface area contributed by atoms with E-state index in [4.69, 9.17) is 5.73 Å². The fourth-order valence-electron chi connectivity index (χ4n) is 0.461. The average molecular weight is 130 g/mol. The van der Waals surface area contributed by atoms with Crippen LogP contribution in [0.3, 0.4) is 0 Å². The first-order valence-corrected chi connectivity index (χ1v) is 3.18. The Morgan fingerprint density at radius 3 is 2.67 bits per heavy atom. The molecule has 3 nitrogen and oxygen atoms in total. The highest BCUT2D eigenvalue weighted by atomic mass is 16.1. The van der Waals surface area contributed by atoms with Crippen molar-refractivity contribution in [2.24, 2.45) is 11.7 Å². The number of rotatable bonds is 4. The smallest absolute Gasteiger partial charge is 0.221 e. The van der Waals surface area contributed by atoms with Gasteiger partial charge in [-0.15, -0.1) is 0 Å². The molecule has 0 spiro atoms. The molecule has 0 aromatic rings. The van der Waals surface area contributed by atoms with Crippen LogP contribution in [0.5, 0.6) is 0 Å². The summed E-state index contributed by atoms with van der Waals surface area (Å²) in [5, 5.41) is 3.03. The largest absolute Gasteiger partial charge is 0.369 e. The molecule has 9 heavy (non-hydrogen) atoms. The van der Waals surface area contributed by atoms with Gasteiger partial charge in [0.1, 0.15) is 0 Å². The maximum absolute atomic E-state index is 10.4.